The van der Waals surface area contributed by atoms with E-state index in [1.807, 2.05) is 30.5 Å². The van der Waals surface area contributed by atoms with Gasteiger partial charge in [0, 0.05) is 16.5 Å². The number of carbonyl (C=O) groups is 2. The van der Waals surface area contributed by atoms with Crippen LogP contribution in [-0.2, 0) is 9.59 Å². The van der Waals surface area contributed by atoms with Gasteiger partial charge in [-0.25, -0.2) is 0 Å². The molecule has 2 amide bonds. The van der Waals surface area contributed by atoms with Crippen molar-refractivity contribution in [1.82, 2.24) is 5.32 Å². The molecule has 4 nitrogen and oxygen atoms in total. The van der Waals surface area contributed by atoms with Crippen LogP contribution in [-0.4, -0.2) is 24.1 Å². The molecule has 1 atom stereocenters. The summed E-state index contributed by atoms with van der Waals surface area (Å²) in [7, 11) is 0. The Balaban J connectivity index is 1.88. The van der Waals surface area contributed by atoms with Crippen LogP contribution in [0.3, 0.4) is 0 Å². The van der Waals surface area contributed by atoms with Gasteiger partial charge in [-0.3, -0.25) is 9.59 Å². The molecule has 0 aromatic heterocycles. The third kappa shape index (κ3) is 4.49. The molecule has 1 aromatic carbocycles. The molecule has 5 heteroatoms. The highest BCUT2D eigenvalue weighted by molar-refractivity contribution is 7.98. The highest BCUT2D eigenvalue weighted by Crippen LogP contribution is 2.24. The average Bonchev–Trinajstić information content (AvgIpc) is 3.01. The molecule has 1 aliphatic rings. The summed E-state index contributed by atoms with van der Waals surface area (Å²) < 4.78 is 0. The standard InChI is InChI=1S/C16H22N2O2S/c1-11(17-16(20)12-6-3-4-7-12)15(19)18-13-8-5-9-14(10-13)21-2/h5,8-12H,3-4,6-7H2,1-2H3,(H,17,20)(H,18,19)/t11-/m0/s1. The largest absolute Gasteiger partial charge is 0.344 e. The normalized spacial score (nSPS) is 16.5. The Hall–Kier alpha value is -1.49. The first-order chi connectivity index (χ1) is 10.1. The molecule has 21 heavy (non-hydrogen) atoms. The minimum absolute atomic E-state index is 0.00742. The number of anilines is 1. The number of hydrogen-bond acceptors (Lipinski definition) is 3. The lowest BCUT2D eigenvalue weighted by Crippen LogP contribution is -2.43. The lowest BCUT2D eigenvalue weighted by atomic mass is 10.1. The Morgan fingerprint density at radius 3 is 2.67 bits per heavy atom. The molecule has 0 radical (unpaired) electrons. The number of hydrogen-bond donors (Lipinski definition) is 2. The highest BCUT2D eigenvalue weighted by atomic mass is 32.2. The summed E-state index contributed by atoms with van der Waals surface area (Å²) in [5, 5.41) is 5.66. The van der Waals surface area contributed by atoms with Gasteiger partial charge in [-0.2, -0.15) is 0 Å². The van der Waals surface area contributed by atoms with E-state index in [2.05, 4.69) is 10.6 Å². The second-order valence-electron chi connectivity index (χ2n) is 5.43. The maximum absolute atomic E-state index is 12.1. The van der Waals surface area contributed by atoms with E-state index in [-0.39, 0.29) is 17.7 Å². The fraction of sp³-hybridized carbons (Fsp3) is 0.500. The van der Waals surface area contributed by atoms with Gasteiger partial charge in [-0.15, -0.1) is 11.8 Å². The molecule has 0 spiro atoms. The van der Waals surface area contributed by atoms with E-state index >= 15 is 0 Å². The molecule has 1 aliphatic carbocycles. The van der Waals surface area contributed by atoms with Crippen molar-refractivity contribution in [3.8, 4) is 0 Å². The zero-order valence-corrected chi connectivity index (χ0v) is 13.3. The molecular weight excluding hydrogens is 284 g/mol. The lowest BCUT2D eigenvalue weighted by molar-refractivity contribution is -0.128. The van der Waals surface area contributed by atoms with Gasteiger partial charge in [-0.1, -0.05) is 18.9 Å². The number of rotatable bonds is 5. The first-order valence-corrected chi connectivity index (χ1v) is 8.58. The first kappa shape index (κ1) is 15.9. The molecule has 0 heterocycles. The quantitative estimate of drug-likeness (QED) is 0.822. The molecule has 1 saturated carbocycles. The van der Waals surface area contributed by atoms with Crippen molar-refractivity contribution in [2.45, 2.75) is 43.5 Å². The van der Waals surface area contributed by atoms with Gasteiger partial charge in [0.25, 0.3) is 0 Å². The van der Waals surface area contributed by atoms with Crippen LogP contribution in [0.25, 0.3) is 0 Å². The zero-order chi connectivity index (χ0) is 15.2. The van der Waals surface area contributed by atoms with Crippen molar-refractivity contribution >= 4 is 29.3 Å². The topological polar surface area (TPSA) is 58.2 Å². The number of benzene rings is 1. The fourth-order valence-corrected chi connectivity index (χ4v) is 3.00. The highest BCUT2D eigenvalue weighted by Gasteiger charge is 2.25. The van der Waals surface area contributed by atoms with Crippen LogP contribution in [0.15, 0.2) is 29.2 Å². The molecule has 114 valence electrons. The molecule has 0 saturated heterocycles. The van der Waals surface area contributed by atoms with E-state index in [0.717, 1.165) is 36.3 Å². The summed E-state index contributed by atoms with van der Waals surface area (Å²) in [4.78, 5) is 25.2. The number of nitrogens with one attached hydrogen (secondary N) is 2. The van der Waals surface area contributed by atoms with Crippen molar-refractivity contribution in [2.24, 2.45) is 5.92 Å². The monoisotopic (exact) mass is 306 g/mol. The summed E-state index contributed by atoms with van der Waals surface area (Å²) in [5.74, 6) is -0.0901. The first-order valence-electron chi connectivity index (χ1n) is 7.35. The van der Waals surface area contributed by atoms with Gasteiger partial charge in [0.05, 0.1) is 0 Å². The third-order valence-corrected chi connectivity index (χ3v) is 4.54. The average molecular weight is 306 g/mol. The zero-order valence-electron chi connectivity index (χ0n) is 12.5. The van der Waals surface area contributed by atoms with E-state index in [4.69, 9.17) is 0 Å². The number of amides is 2. The second-order valence-corrected chi connectivity index (χ2v) is 6.31. The Labute approximate surface area is 130 Å². The third-order valence-electron chi connectivity index (χ3n) is 3.82. The van der Waals surface area contributed by atoms with E-state index in [1.165, 1.54) is 0 Å². The molecule has 1 fully saturated rings. The summed E-state index contributed by atoms with van der Waals surface area (Å²) in [6.45, 7) is 1.72. The van der Waals surface area contributed by atoms with Crippen molar-refractivity contribution in [3.63, 3.8) is 0 Å². The Morgan fingerprint density at radius 1 is 1.29 bits per heavy atom. The summed E-state index contributed by atoms with van der Waals surface area (Å²) in [6.07, 6.45) is 6.09. The number of thioether (sulfide) groups is 1. The molecule has 2 rings (SSSR count). The molecule has 0 unspecified atom stereocenters. The van der Waals surface area contributed by atoms with Gasteiger partial charge < -0.3 is 10.6 Å². The van der Waals surface area contributed by atoms with Gasteiger partial charge >= 0.3 is 0 Å². The number of carbonyl (C=O) groups excluding carboxylic acids is 2. The van der Waals surface area contributed by atoms with E-state index < -0.39 is 6.04 Å². The van der Waals surface area contributed by atoms with E-state index in [0.29, 0.717) is 0 Å². The Bertz CT molecular complexity index is 513. The van der Waals surface area contributed by atoms with Crippen molar-refractivity contribution in [2.75, 3.05) is 11.6 Å². The molecular formula is C16H22N2O2S. The van der Waals surface area contributed by atoms with Gasteiger partial charge in [0.1, 0.15) is 6.04 Å². The maximum Gasteiger partial charge on any atom is 0.246 e. The predicted molar refractivity (Wildman–Crippen MR) is 86.4 cm³/mol. The van der Waals surface area contributed by atoms with Gasteiger partial charge in [-0.05, 0) is 44.2 Å². The maximum atomic E-state index is 12.1. The van der Waals surface area contributed by atoms with Gasteiger partial charge in [0.2, 0.25) is 11.8 Å². The smallest absolute Gasteiger partial charge is 0.246 e. The summed E-state index contributed by atoms with van der Waals surface area (Å²) >= 11 is 1.62. The van der Waals surface area contributed by atoms with Crippen LogP contribution in [0.4, 0.5) is 5.69 Å². The fourth-order valence-electron chi connectivity index (χ4n) is 2.54. The van der Waals surface area contributed by atoms with E-state index in [9.17, 15) is 9.59 Å². The minimum atomic E-state index is -0.518. The Kier molecular flexibility index (Phi) is 5.67. The van der Waals surface area contributed by atoms with Crippen LogP contribution < -0.4 is 10.6 Å². The molecule has 0 bridgehead atoms. The van der Waals surface area contributed by atoms with Crippen LogP contribution >= 0.6 is 11.8 Å². The Morgan fingerprint density at radius 2 is 2.00 bits per heavy atom. The van der Waals surface area contributed by atoms with E-state index in [1.54, 1.807) is 18.7 Å². The molecule has 0 aliphatic heterocycles. The van der Waals surface area contributed by atoms with Crippen molar-refractivity contribution < 1.29 is 9.59 Å². The minimum Gasteiger partial charge on any atom is -0.344 e. The lowest BCUT2D eigenvalue weighted by Gasteiger charge is -2.17. The summed E-state index contributed by atoms with van der Waals surface area (Å²) in [6, 6.07) is 7.16. The molecule has 1 aromatic rings. The molecule has 2 N–H and O–H groups in total. The summed E-state index contributed by atoms with van der Waals surface area (Å²) in [5.41, 5.74) is 0.758. The SMILES string of the molecule is CSc1cccc(NC(=O)[C@H](C)NC(=O)C2CCCC2)c1. The van der Waals surface area contributed by atoms with Gasteiger partial charge in [0.15, 0.2) is 0 Å². The predicted octanol–water partition coefficient (Wildman–Crippen LogP) is 3.04. The van der Waals surface area contributed by atoms with Crippen LogP contribution in [0.5, 0.6) is 0 Å². The van der Waals surface area contributed by atoms with Crippen molar-refractivity contribution in [3.05, 3.63) is 24.3 Å². The van der Waals surface area contributed by atoms with Crippen LogP contribution in [0, 0.1) is 5.92 Å². The van der Waals surface area contributed by atoms with Crippen molar-refractivity contribution in [1.29, 1.82) is 0 Å². The second kappa shape index (κ2) is 7.50. The van der Waals surface area contributed by atoms with Crippen LogP contribution in [0.1, 0.15) is 32.6 Å². The van der Waals surface area contributed by atoms with Crippen LogP contribution in [0.2, 0.25) is 0 Å².